The fraction of sp³-hybridized carbons (Fsp3) is 0.533. The first kappa shape index (κ1) is 12.5. The Labute approximate surface area is 113 Å². The average Bonchev–Trinajstić information content (AvgIpc) is 2.58. The number of hydrogen-bond donors (Lipinski definition) is 1. The zero-order chi connectivity index (χ0) is 13.3. The van der Waals surface area contributed by atoms with E-state index in [1.54, 1.807) is 4.90 Å². The van der Waals surface area contributed by atoms with Gasteiger partial charge in [0.25, 0.3) is 0 Å². The van der Waals surface area contributed by atoms with Gasteiger partial charge in [-0.1, -0.05) is 17.7 Å². The SMILES string of the molecule is Cc1ccc(N2CC3(CCCNCC3)OC2=O)cc1. The van der Waals surface area contributed by atoms with Gasteiger partial charge in [-0.2, -0.15) is 0 Å². The monoisotopic (exact) mass is 260 g/mol. The smallest absolute Gasteiger partial charge is 0.415 e. The van der Waals surface area contributed by atoms with Gasteiger partial charge in [-0.15, -0.1) is 0 Å². The van der Waals surface area contributed by atoms with Crippen molar-refractivity contribution in [2.45, 2.75) is 31.8 Å². The number of ether oxygens (including phenoxy) is 1. The molecule has 0 aromatic heterocycles. The molecule has 2 aliphatic rings. The van der Waals surface area contributed by atoms with Gasteiger partial charge in [0, 0.05) is 12.1 Å². The van der Waals surface area contributed by atoms with Gasteiger partial charge in [-0.3, -0.25) is 4.90 Å². The third-order valence-corrected chi connectivity index (χ3v) is 4.06. The van der Waals surface area contributed by atoms with E-state index in [0.717, 1.165) is 38.0 Å². The number of nitrogens with zero attached hydrogens (tertiary/aromatic N) is 1. The summed E-state index contributed by atoms with van der Waals surface area (Å²) >= 11 is 0. The van der Waals surface area contributed by atoms with Gasteiger partial charge in [-0.05, 0) is 45.0 Å². The van der Waals surface area contributed by atoms with Crippen molar-refractivity contribution in [3.05, 3.63) is 29.8 Å². The van der Waals surface area contributed by atoms with E-state index in [1.807, 2.05) is 31.2 Å². The Morgan fingerprint density at radius 2 is 2.00 bits per heavy atom. The fourth-order valence-electron chi connectivity index (χ4n) is 2.91. The van der Waals surface area contributed by atoms with Crippen LogP contribution in [0.2, 0.25) is 0 Å². The van der Waals surface area contributed by atoms with Gasteiger partial charge in [0.15, 0.2) is 0 Å². The summed E-state index contributed by atoms with van der Waals surface area (Å²) in [4.78, 5) is 13.9. The number of aryl methyl sites for hydroxylation is 1. The quantitative estimate of drug-likeness (QED) is 0.843. The van der Waals surface area contributed by atoms with Gasteiger partial charge in [0.2, 0.25) is 0 Å². The van der Waals surface area contributed by atoms with Crippen LogP contribution in [0.4, 0.5) is 10.5 Å². The second kappa shape index (κ2) is 4.85. The van der Waals surface area contributed by atoms with E-state index in [4.69, 9.17) is 4.74 Å². The first-order chi connectivity index (χ1) is 9.19. The molecule has 0 aliphatic carbocycles. The number of carbonyl (C=O) groups excluding carboxylic acids is 1. The van der Waals surface area contributed by atoms with Crippen molar-refractivity contribution < 1.29 is 9.53 Å². The highest BCUT2D eigenvalue weighted by Crippen LogP contribution is 2.34. The maximum Gasteiger partial charge on any atom is 0.415 e. The zero-order valence-electron chi connectivity index (χ0n) is 11.3. The molecule has 4 heteroatoms. The van der Waals surface area contributed by atoms with Crippen molar-refractivity contribution in [2.75, 3.05) is 24.5 Å². The van der Waals surface area contributed by atoms with E-state index in [9.17, 15) is 4.79 Å². The number of carbonyl (C=O) groups is 1. The molecule has 1 spiro atoms. The molecular formula is C15H20N2O2. The lowest BCUT2D eigenvalue weighted by Gasteiger charge is -2.24. The minimum atomic E-state index is -0.286. The molecule has 0 saturated carbocycles. The Morgan fingerprint density at radius 3 is 2.79 bits per heavy atom. The van der Waals surface area contributed by atoms with E-state index in [-0.39, 0.29) is 11.7 Å². The van der Waals surface area contributed by atoms with Crippen LogP contribution in [0.25, 0.3) is 0 Å². The molecule has 1 unspecified atom stereocenters. The molecule has 0 radical (unpaired) electrons. The van der Waals surface area contributed by atoms with Crippen LogP contribution < -0.4 is 10.2 Å². The summed E-state index contributed by atoms with van der Waals surface area (Å²) in [7, 11) is 0. The van der Waals surface area contributed by atoms with E-state index in [2.05, 4.69) is 5.32 Å². The molecule has 2 fully saturated rings. The number of anilines is 1. The van der Waals surface area contributed by atoms with Crippen LogP contribution in [-0.4, -0.2) is 31.3 Å². The van der Waals surface area contributed by atoms with Gasteiger partial charge in [0.05, 0.1) is 6.54 Å². The van der Waals surface area contributed by atoms with E-state index >= 15 is 0 Å². The maximum absolute atomic E-state index is 12.1. The van der Waals surface area contributed by atoms with Crippen molar-refractivity contribution in [3.63, 3.8) is 0 Å². The van der Waals surface area contributed by atoms with Crippen molar-refractivity contribution in [2.24, 2.45) is 0 Å². The maximum atomic E-state index is 12.1. The van der Waals surface area contributed by atoms with Gasteiger partial charge < -0.3 is 10.1 Å². The van der Waals surface area contributed by atoms with Crippen LogP contribution in [0.15, 0.2) is 24.3 Å². The zero-order valence-corrected chi connectivity index (χ0v) is 11.3. The molecule has 2 heterocycles. The Morgan fingerprint density at radius 1 is 1.21 bits per heavy atom. The Hall–Kier alpha value is -1.55. The van der Waals surface area contributed by atoms with Crippen LogP contribution in [0.3, 0.4) is 0 Å². The molecule has 2 aliphatic heterocycles. The molecule has 19 heavy (non-hydrogen) atoms. The topological polar surface area (TPSA) is 41.6 Å². The van der Waals surface area contributed by atoms with Crippen molar-refractivity contribution in [1.82, 2.24) is 5.32 Å². The second-order valence-corrected chi connectivity index (χ2v) is 5.58. The van der Waals surface area contributed by atoms with E-state index in [1.165, 1.54) is 5.56 Å². The van der Waals surface area contributed by atoms with E-state index < -0.39 is 0 Å². The summed E-state index contributed by atoms with van der Waals surface area (Å²) < 4.78 is 5.71. The largest absolute Gasteiger partial charge is 0.441 e. The summed E-state index contributed by atoms with van der Waals surface area (Å²) in [5.74, 6) is 0. The predicted octanol–water partition coefficient (Wildman–Crippen LogP) is 2.46. The molecule has 3 rings (SSSR count). The number of hydrogen-bond acceptors (Lipinski definition) is 3. The highest BCUT2D eigenvalue weighted by Gasteiger charge is 2.45. The molecule has 0 bridgehead atoms. The van der Waals surface area contributed by atoms with Crippen LogP contribution in [0.1, 0.15) is 24.8 Å². The minimum Gasteiger partial charge on any atom is -0.441 e. The Balaban J connectivity index is 1.81. The summed E-state index contributed by atoms with van der Waals surface area (Å²) in [6.07, 6.45) is 2.72. The van der Waals surface area contributed by atoms with Crippen molar-refractivity contribution in [1.29, 1.82) is 0 Å². The highest BCUT2D eigenvalue weighted by molar-refractivity contribution is 5.90. The average molecular weight is 260 g/mol. The van der Waals surface area contributed by atoms with Crippen LogP contribution >= 0.6 is 0 Å². The molecule has 1 aromatic carbocycles. The molecule has 4 nitrogen and oxygen atoms in total. The molecule has 102 valence electrons. The van der Waals surface area contributed by atoms with Crippen molar-refractivity contribution in [3.8, 4) is 0 Å². The molecule has 1 amide bonds. The molecule has 1 aromatic rings. The highest BCUT2D eigenvalue weighted by atomic mass is 16.6. The number of nitrogens with one attached hydrogen (secondary N) is 1. The second-order valence-electron chi connectivity index (χ2n) is 5.58. The molecule has 2 saturated heterocycles. The van der Waals surface area contributed by atoms with Gasteiger partial charge >= 0.3 is 6.09 Å². The first-order valence-corrected chi connectivity index (χ1v) is 6.96. The molecule has 1 N–H and O–H groups in total. The van der Waals surface area contributed by atoms with E-state index in [0.29, 0.717) is 6.54 Å². The first-order valence-electron chi connectivity index (χ1n) is 6.96. The summed E-state index contributed by atoms with van der Waals surface area (Å²) in [5.41, 5.74) is 1.85. The summed E-state index contributed by atoms with van der Waals surface area (Å²) in [5, 5.41) is 3.37. The number of rotatable bonds is 1. The summed E-state index contributed by atoms with van der Waals surface area (Å²) in [6.45, 7) is 4.67. The molecule has 1 atom stereocenters. The number of benzene rings is 1. The number of amides is 1. The standard InChI is InChI=1S/C15H20N2O2/c1-12-3-5-13(6-4-12)17-11-15(19-14(17)18)7-2-9-16-10-8-15/h3-6,16H,2,7-11H2,1H3. The normalized spacial score (nSPS) is 27.4. The summed E-state index contributed by atoms with van der Waals surface area (Å²) in [6, 6.07) is 8.04. The molecular weight excluding hydrogens is 240 g/mol. The van der Waals surface area contributed by atoms with Gasteiger partial charge in [0.1, 0.15) is 5.60 Å². The van der Waals surface area contributed by atoms with Crippen LogP contribution in [0.5, 0.6) is 0 Å². The lowest BCUT2D eigenvalue weighted by Crippen LogP contribution is -2.35. The lowest BCUT2D eigenvalue weighted by atomic mass is 9.95. The Kier molecular flexibility index (Phi) is 3.19. The third kappa shape index (κ3) is 2.45. The minimum absolute atomic E-state index is 0.203. The van der Waals surface area contributed by atoms with Crippen molar-refractivity contribution >= 4 is 11.8 Å². The van der Waals surface area contributed by atoms with Crippen LogP contribution in [-0.2, 0) is 4.74 Å². The third-order valence-electron chi connectivity index (χ3n) is 4.06. The lowest BCUT2D eigenvalue weighted by molar-refractivity contribution is 0.0470. The van der Waals surface area contributed by atoms with Gasteiger partial charge in [-0.25, -0.2) is 4.79 Å². The van der Waals surface area contributed by atoms with Crippen LogP contribution in [0, 0.1) is 6.92 Å². The fourth-order valence-corrected chi connectivity index (χ4v) is 2.91. The Bertz CT molecular complexity index is 462. The predicted molar refractivity (Wildman–Crippen MR) is 74.5 cm³/mol.